The minimum absolute atomic E-state index is 0.154. The zero-order chi connectivity index (χ0) is 24.3. The van der Waals surface area contributed by atoms with Gasteiger partial charge in [0.15, 0.2) is 0 Å². The van der Waals surface area contributed by atoms with Gasteiger partial charge in [0.05, 0.1) is 50.1 Å². The maximum atomic E-state index is 10.9. The van der Waals surface area contributed by atoms with Crippen LogP contribution in [0.25, 0.3) is 0 Å². The zero-order valence-corrected chi connectivity index (χ0v) is 20.3. The van der Waals surface area contributed by atoms with E-state index in [1.807, 2.05) is 24.3 Å². The van der Waals surface area contributed by atoms with E-state index in [9.17, 15) is 20.2 Å². The fraction of sp³-hybridized carbons (Fsp3) is 0.538. The van der Waals surface area contributed by atoms with E-state index in [-0.39, 0.29) is 21.2 Å². The Morgan fingerprint density at radius 2 is 0.941 bits per heavy atom. The molecule has 2 aliphatic rings. The molecular formula is C26H36N4O4+2. The smallest absolute Gasteiger partial charge is 0.269 e. The lowest BCUT2D eigenvalue weighted by Gasteiger charge is -2.46. The molecule has 8 nitrogen and oxygen atoms in total. The van der Waals surface area contributed by atoms with Crippen LogP contribution < -0.4 is 0 Å². The van der Waals surface area contributed by atoms with E-state index >= 15 is 0 Å². The maximum absolute atomic E-state index is 10.9. The Morgan fingerprint density at radius 1 is 0.647 bits per heavy atom. The number of piperidine rings is 2. The van der Waals surface area contributed by atoms with Gasteiger partial charge < -0.3 is 8.97 Å². The first kappa shape index (κ1) is 24.3. The number of nitro benzene ring substituents is 2. The van der Waals surface area contributed by atoms with Crippen LogP contribution in [0.5, 0.6) is 0 Å². The van der Waals surface area contributed by atoms with Crippen molar-refractivity contribution in [3.05, 3.63) is 79.9 Å². The van der Waals surface area contributed by atoms with E-state index in [0.29, 0.717) is 0 Å². The Bertz CT molecular complexity index is 923. The Hall–Kier alpha value is -2.84. The number of benzene rings is 2. The first-order chi connectivity index (χ1) is 16.1. The Kier molecular flexibility index (Phi) is 7.00. The maximum Gasteiger partial charge on any atom is 0.269 e. The van der Waals surface area contributed by atoms with Crippen LogP contribution in [0.15, 0.2) is 48.5 Å². The molecule has 0 radical (unpaired) electrons. The number of likely N-dealkylation sites (tertiary alicyclic amines) is 2. The number of hydrogen-bond donors (Lipinski definition) is 0. The van der Waals surface area contributed by atoms with Gasteiger partial charge in [-0.05, 0) is 61.8 Å². The summed E-state index contributed by atoms with van der Waals surface area (Å²) in [6.07, 6.45) is 5.00. The summed E-state index contributed by atoms with van der Waals surface area (Å²) < 4.78 is 2.02. The molecule has 2 heterocycles. The summed E-state index contributed by atoms with van der Waals surface area (Å²) in [5, 5.41) is 21.8. The number of hydrogen-bond acceptors (Lipinski definition) is 4. The molecule has 2 aromatic rings. The monoisotopic (exact) mass is 468 g/mol. The number of nitrogens with zero attached hydrogens (tertiary/aromatic N) is 4. The summed E-state index contributed by atoms with van der Waals surface area (Å²) in [4.78, 5) is 21.1. The van der Waals surface area contributed by atoms with Gasteiger partial charge in [-0.1, -0.05) is 0 Å². The van der Waals surface area contributed by atoms with Crippen LogP contribution in [-0.2, 0) is 13.1 Å². The molecule has 0 N–H and O–H groups in total. The van der Waals surface area contributed by atoms with Crippen molar-refractivity contribution in [3.63, 3.8) is 0 Å². The van der Waals surface area contributed by atoms with Crippen LogP contribution in [0.4, 0.5) is 11.4 Å². The van der Waals surface area contributed by atoms with E-state index in [1.54, 1.807) is 24.3 Å². The Morgan fingerprint density at radius 3 is 1.21 bits per heavy atom. The van der Waals surface area contributed by atoms with Crippen molar-refractivity contribution in [3.8, 4) is 0 Å². The molecule has 0 aromatic heterocycles. The minimum atomic E-state index is -0.342. The van der Waals surface area contributed by atoms with Crippen molar-refractivity contribution in [2.45, 2.75) is 38.8 Å². The van der Waals surface area contributed by atoms with Crippen LogP contribution in [0.3, 0.4) is 0 Å². The average Bonchev–Trinajstić information content (AvgIpc) is 2.81. The molecule has 0 spiro atoms. The first-order valence-corrected chi connectivity index (χ1v) is 12.3. The summed E-state index contributed by atoms with van der Waals surface area (Å²) in [6.45, 7) is 6.50. The molecule has 34 heavy (non-hydrogen) atoms. The fourth-order valence-corrected chi connectivity index (χ4v) is 6.01. The van der Waals surface area contributed by atoms with Crippen molar-refractivity contribution >= 4 is 11.4 Å². The van der Waals surface area contributed by atoms with Gasteiger partial charge in [-0.15, -0.1) is 0 Å². The van der Waals surface area contributed by atoms with Gasteiger partial charge in [-0.25, -0.2) is 0 Å². The molecule has 2 aliphatic heterocycles. The highest BCUT2D eigenvalue weighted by molar-refractivity contribution is 5.33. The molecule has 182 valence electrons. The fourth-order valence-electron chi connectivity index (χ4n) is 6.01. The van der Waals surface area contributed by atoms with E-state index in [1.165, 1.54) is 36.8 Å². The van der Waals surface area contributed by atoms with E-state index in [0.717, 1.165) is 60.1 Å². The highest BCUT2D eigenvalue weighted by Crippen LogP contribution is 2.37. The highest BCUT2D eigenvalue weighted by Gasteiger charge is 2.38. The molecule has 0 amide bonds. The molecule has 0 saturated carbocycles. The largest absolute Gasteiger partial charge is 0.322 e. The van der Waals surface area contributed by atoms with Gasteiger partial charge >= 0.3 is 0 Å². The molecule has 2 saturated heterocycles. The molecule has 0 aliphatic carbocycles. The second-order valence-electron chi connectivity index (χ2n) is 11.0. The van der Waals surface area contributed by atoms with Crippen molar-refractivity contribution in [2.24, 2.45) is 11.8 Å². The lowest BCUT2D eigenvalue weighted by Crippen LogP contribution is -2.53. The number of non-ortho nitro benzene ring substituents is 2. The van der Waals surface area contributed by atoms with Crippen LogP contribution in [0.2, 0.25) is 0 Å². The normalized spacial score (nSPS) is 29.5. The summed E-state index contributed by atoms with van der Waals surface area (Å²) in [5.74, 6) is 1.58. The third-order valence-electron chi connectivity index (χ3n) is 8.25. The van der Waals surface area contributed by atoms with Crippen LogP contribution >= 0.6 is 0 Å². The van der Waals surface area contributed by atoms with Crippen LogP contribution in [0.1, 0.15) is 36.8 Å². The number of nitro groups is 2. The quantitative estimate of drug-likeness (QED) is 0.328. The minimum Gasteiger partial charge on any atom is -0.322 e. The second-order valence-corrected chi connectivity index (χ2v) is 11.0. The van der Waals surface area contributed by atoms with Gasteiger partial charge in [-0.2, -0.15) is 0 Å². The summed E-state index contributed by atoms with van der Waals surface area (Å²) >= 11 is 0. The third-order valence-corrected chi connectivity index (χ3v) is 8.25. The zero-order valence-electron chi connectivity index (χ0n) is 20.3. The summed E-state index contributed by atoms with van der Waals surface area (Å²) in [6, 6.07) is 14.1. The topological polar surface area (TPSA) is 86.3 Å². The van der Waals surface area contributed by atoms with Crippen LogP contribution in [0, 0.1) is 32.1 Å². The highest BCUT2D eigenvalue weighted by atomic mass is 16.6. The van der Waals surface area contributed by atoms with Gasteiger partial charge in [0, 0.05) is 35.4 Å². The van der Waals surface area contributed by atoms with Crippen molar-refractivity contribution in [1.82, 2.24) is 0 Å². The lowest BCUT2D eigenvalue weighted by molar-refractivity contribution is -0.931. The van der Waals surface area contributed by atoms with E-state index in [4.69, 9.17) is 0 Å². The van der Waals surface area contributed by atoms with Crippen molar-refractivity contribution in [2.75, 3.05) is 40.3 Å². The van der Waals surface area contributed by atoms with Crippen LogP contribution in [-0.4, -0.2) is 59.1 Å². The van der Waals surface area contributed by atoms with E-state index < -0.39 is 0 Å². The SMILES string of the molecule is C[N+]1(Cc2ccc([N+](=O)[O-])cc2)CCC(C2CC[N+](C)(Cc3ccc([N+](=O)[O-])cc3)CC2)CC1. The summed E-state index contributed by atoms with van der Waals surface area (Å²) in [7, 11) is 4.63. The van der Waals surface area contributed by atoms with Gasteiger partial charge in [-0.3, -0.25) is 20.2 Å². The second kappa shape index (κ2) is 9.80. The molecular weight excluding hydrogens is 432 g/mol. The van der Waals surface area contributed by atoms with Gasteiger partial charge in [0.2, 0.25) is 0 Å². The van der Waals surface area contributed by atoms with Gasteiger partial charge in [0.1, 0.15) is 13.1 Å². The number of quaternary nitrogens is 2. The Balaban J connectivity index is 1.26. The molecule has 2 aromatic carbocycles. The predicted molar refractivity (Wildman–Crippen MR) is 131 cm³/mol. The first-order valence-electron chi connectivity index (χ1n) is 12.3. The molecule has 2 fully saturated rings. The molecule has 0 bridgehead atoms. The number of rotatable bonds is 7. The molecule has 0 unspecified atom stereocenters. The van der Waals surface area contributed by atoms with E-state index in [2.05, 4.69) is 14.1 Å². The molecule has 8 heteroatoms. The standard InChI is InChI=1S/C26H36N4O4/c1-29(19-21-3-7-25(8-4-21)27(31)32)15-11-23(12-16-29)24-13-17-30(2,18-14-24)20-22-5-9-26(10-6-22)28(33)34/h3-10,23-24H,11-20H2,1-2H3/q+2. The Labute approximate surface area is 201 Å². The average molecular weight is 469 g/mol. The predicted octanol–water partition coefficient (Wildman–Crippen LogP) is 4.92. The van der Waals surface area contributed by atoms with Crippen molar-refractivity contribution < 1.29 is 18.8 Å². The third kappa shape index (κ3) is 5.80. The van der Waals surface area contributed by atoms with Crippen molar-refractivity contribution in [1.29, 1.82) is 0 Å². The lowest BCUT2D eigenvalue weighted by atomic mass is 9.77. The van der Waals surface area contributed by atoms with Gasteiger partial charge in [0.25, 0.3) is 11.4 Å². The molecule has 0 atom stereocenters. The summed E-state index contributed by atoms with van der Waals surface area (Å²) in [5.41, 5.74) is 2.65. The molecule has 4 rings (SSSR count).